The Bertz CT molecular complexity index is 990. The number of ether oxygens (including phenoxy) is 4. The minimum atomic E-state index is -3.69. The standard InChI is InChI=1S/C24H34N2O8S2/c27-35(28,23-7-3-1-4-8-23)25-11-15-31-19-21-33-17-13-26(14-18-34-22-20-32-16-12-25)36(29,30)24-9-5-2-6-10-24/h1-10H,11-22H2. The van der Waals surface area contributed by atoms with Crippen molar-refractivity contribution in [2.75, 3.05) is 79.0 Å². The van der Waals surface area contributed by atoms with Gasteiger partial charge in [-0.3, -0.25) is 0 Å². The Kier molecular flexibility index (Phi) is 11.7. The molecular formula is C24H34N2O8S2. The summed E-state index contributed by atoms with van der Waals surface area (Å²) in [7, 11) is -7.37. The Morgan fingerprint density at radius 2 is 0.722 bits per heavy atom. The predicted molar refractivity (Wildman–Crippen MR) is 134 cm³/mol. The summed E-state index contributed by atoms with van der Waals surface area (Å²) in [4.78, 5) is 0.433. The molecule has 200 valence electrons. The van der Waals surface area contributed by atoms with Crippen LogP contribution in [0, 0.1) is 0 Å². The first kappa shape index (κ1) is 28.7. The molecule has 0 bridgehead atoms. The fourth-order valence-electron chi connectivity index (χ4n) is 3.50. The Hall–Kier alpha value is -1.90. The van der Waals surface area contributed by atoms with Gasteiger partial charge in [-0.15, -0.1) is 0 Å². The van der Waals surface area contributed by atoms with Crippen molar-refractivity contribution in [1.82, 2.24) is 8.61 Å². The molecule has 1 heterocycles. The van der Waals surface area contributed by atoms with Crippen LogP contribution >= 0.6 is 0 Å². The normalized spacial score (nSPS) is 19.8. The van der Waals surface area contributed by atoms with Crippen LogP contribution in [0.5, 0.6) is 0 Å². The number of hydrogen-bond donors (Lipinski definition) is 0. The van der Waals surface area contributed by atoms with Crippen LogP contribution in [0.15, 0.2) is 70.5 Å². The van der Waals surface area contributed by atoms with Crippen molar-refractivity contribution in [3.8, 4) is 0 Å². The molecule has 0 aromatic heterocycles. The molecule has 0 N–H and O–H groups in total. The molecule has 36 heavy (non-hydrogen) atoms. The van der Waals surface area contributed by atoms with Gasteiger partial charge in [-0.2, -0.15) is 8.61 Å². The lowest BCUT2D eigenvalue weighted by Gasteiger charge is -2.23. The van der Waals surface area contributed by atoms with Gasteiger partial charge in [0.1, 0.15) is 0 Å². The van der Waals surface area contributed by atoms with Crippen molar-refractivity contribution in [3.05, 3.63) is 60.7 Å². The maximum absolute atomic E-state index is 13.0. The molecule has 10 nitrogen and oxygen atoms in total. The van der Waals surface area contributed by atoms with Crippen molar-refractivity contribution in [3.63, 3.8) is 0 Å². The van der Waals surface area contributed by atoms with Crippen LogP contribution in [0.4, 0.5) is 0 Å². The van der Waals surface area contributed by atoms with Gasteiger partial charge in [0.15, 0.2) is 0 Å². The highest BCUT2D eigenvalue weighted by atomic mass is 32.2. The monoisotopic (exact) mass is 542 g/mol. The first-order chi connectivity index (χ1) is 17.4. The van der Waals surface area contributed by atoms with E-state index in [0.717, 1.165) is 0 Å². The van der Waals surface area contributed by atoms with E-state index in [9.17, 15) is 16.8 Å². The third kappa shape index (κ3) is 8.60. The number of hydrogen-bond acceptors (Lipinski definition) is 8. The molecule has 2 aromatic rings. The fraction of sp³-hybridized carbons (Fsp3) is 0.500. The number of sulfonamides is 2. The summed E-state index contributed by atoms with van der Waals surface area (Å²) in [6.07, 6.45) is 0. The highest BCUT2D eigenvalue weighted by molar-refractivity contribution is 7.89. The average molecular weight is 543 g/mol. The quantitative estimate of drug-likeness (QED) is 0.571. The zero-order valence-corrected chi connectivity index (χ0v) is 21.9. The van der Waals surface area contributed by atoms with Crippen LogP contribution in [-0.2, 0) is 39.0 Å². The molecule has 3 rings (SSSR count). The lowest BCUT2D eigenvalue weighted by atomic mass is 10.4. The zero-order valence-electron chi connectivity index (χ0n) is 20.2. The van der Waals surface area contributed by atoms with Crippen LogP contribution in [0.2, 0.25) is 0 Å². The smallest absolute Gasteiger partial charge is 0.243 e. The number of benzene rings is 2. The summed E-state index contributed by atoms with van der Waals surface area (Å²) < 4.78 is 77.2. The first-order valence-corrected chi connectivity index (χ1v) is 14.7. The fourth-order valence-corrected chi connectivity index (χ4v) is 6.35. The van der Waals surface area contributed by atoms with Crippen molar-refractivity contribution in [1.29, 1.82) is 0 Å². The molecule has 0 radical (unpaired) electrons. The Labute approximate surface area is 213 Å². The van der Waals surface area contributed by atoms with Crippen molar-refractivity contribution in [2.45, 2.75) is 9.79 Å². The van der Waals surface area contributed by atoms with E-state index in [4.69, 9.17) is 18.9 Å². The van der Waals surface area contributed by atoms with E-state index in [1.165, 1.54) is 8.61 Å². The molecule has 1 aliphatic rings. The van der Waals surface area contributed by atoms with Crippen LogP contribution in [0.25, 0.3) is 0 Å². The SMILES string of the molecule is O=S(=O)(c1ccccc1)N1CCOCCOCCN(S(=O)(=O)c2ccccc2)CCOCCOCC1. The van der Waals surface area contributed by atoms with Crippen molar-refractivity contribution >= 4 is 20.0 Å². The second kappa shape index (κ2) is 14.7. The van der Waals surface area contributed by atoms with Gasteiger partial charge in [-0.25, -0.2) is 16.8 Å². The summed E-state index contributed by atoms with van der Waals surface area (Å²) >= 11 is 0. The Morgan fingerprint density at radius 3 is 1.00 bits per heavy atom. The third-order valence-electron chi connectivity index (χ3n) is 5.45. The molecule has 0 spiro atoms. The van der Waals surface area contributed by atoms with Crippen LogP contribution in [-0.4, -0.2) is 104 Å². The van der Waals surface area contributed by atoms with Crippen LogP contribution in [0.3, 0.4) is 0 Å². The van der Waals surface area contributed by atoms with E-state index in [-0.39, 0.29) is 88.8 Å². The molecule has 2 aromatic carbocycles. The molecule has 0 saturated carbocycles. The zero-order chi connectivity index (χ0) is 25.7. The molecule has 0 atom stereocenters. The third-order valence-corrected chi connectivity index (χ3v) is 9.27. The van der Waals surface area contributed by atoms with Gasteiger partial charge in [-0.1, -0.05) is 36.4 Å². The summed E-state index contributed by atoms with van der Waals surface area (Å²) in [5.74, 6) is 0. The summed E-state index contributed by atoms with van der Waals surface area (Å²) in [5.41, 5.74) is 0. The molecular weight excluding hydrogens is 508 g/mol. The van der Waals surface area contributed by atoms with Gasteiger partial charge in [0.05, 0.1) is 62.6 Å². The summed E-state index contributed by atoms with van der Waals surface area (Å²) in [6.45, 7) is 2.43. The topological polar surface area (TPSA) is 112 Å². The Balaban J connectivity index is 1.57. The van der Waals surface area contributed by atoms with Crippen LogP contribution in [0.1, 0.15) is 0 Å². The molecule has 12 heteroatoms. The maximum Gasteiger partial charge on any atom is 0.243 e. The van der Waals surface area contributed by atoms with Gasteiger partial charge in [-0.05, 0) is 24.3 Å². The molecule has 1 saturated heterocycles. The molecule has 0 aliphatic carbocycles. The first-order valence-electron chi connectivity index (χ1n) is 11.8. The van der Waals surface area contributed by atoms with Gasteiger partial charge in [0.25, 0.3) is 0 Å². The Morgan fingerprint density at radius 1 is 0.444 bits per heavy atom. The number of nitrogens with zero attached hydrogens (tertiary/aromatic N) is 2. The molecule has 1 fully saturated rings. The summed E-state index contributed by atoms with van der Waals surface area (Å²) in [5, 5.41) is 0. The van der Waals surface area contributed by atoms with Gasteiger partial charge in [0, 0.05) is 26.2 Å². The van der Waals surface area contributed by atoms with E-state index in [1.807, 2.05) is 0 Å². The van der Waals surface area contributed by atoms with E-state index in [0.29, 0.717) is 0 Å². The summed E-state index contributed by atoms with van der Waals surface area (Å²) in [6, 6.07) is 16.5. The lowest BCUT2D eigenvalue weighted by molar-refractivity contribution is 0.0238. The minimum Gasteiger partial charge on any atom is -0.378 e. The van der Waals surface area contributed by atoms with Crippen molar-refractivity contribution < 1.29 is 35.8 Å². The van der Waals surface area contributed by atoms with Gasteiger partial charge >= 0.3 is 0 Å². The average Bonchev–Trinajstić information content (AvgIpc) is 2.89. The second-order valence-corrected chi connectivity index (χ2v) is 11.8. The molecule has 1 aliphatic heterocycles. The molecule has 0 amide bonds. The highest BCUT2D eigenvalue weighted by Crippen LogP contribution is 2.16. The van der Waals surface area contributed by atoms with Crippen LogP contribution < -0.4 is 0 Å². The number of rotatable bonds is 4. The minimum absolute atomic E-state index is 0.167. The van der Waals surface area contributed by atoms with Gasteiger partial charge < -0.3 is 18.9 Å². The van der Waals surface area contributed by atoms with E-state index < -0.39 is 20.0 Å². The highest BCUT2D eigenvalue weighted by Gasteiger charge is 2.25. The molecule has 0 unspecified atom stereocenters. The van der Waals surface area contributed by atoms with Crippen molar-refractivity contribution in [2.24, 2.45) is 0 Å². The van der Waals surface area contributed by atoms with Gasteiger partial charge in [0.2, 0.25) is 20.0 Å². The maximum atomic E-state index is 13.0. The largest absolute Gasteiger partial charge is 0.378 e. The second-order valence-electron chi connectivity index (χ2n) is 7.88. The van der Waals surface area contributed by atoms with E-state index in [1.54, 1.807) is 60.7 Å². The lowest BCUT2D eigenvalue weighted by Crippen LogP contribution is -2.38. The van der Waals surface area contributed by atoms with E-state index >= 15 is 0 Å². The predicted octanol–water partition coefficient (Wildman–Crippen LogP) is 1.45. The van der Waals surface area contributed by atoms with E-state index in [2.05, 4.69) is 0 Å².